The SMILES string of the molecule is CC(=S)NCc1cn(-c2cc(F)c(N3CCSCC3)c(F)c2)nn1. The zero-order chi connectivity index (χ0) is 17.1. The molecule has 0 unspecified atom stereocenters. The van der Waals surface area contributed by atoms with E-state index < -0.39 is 11.6 Å². The largest absolute Gasteiger partial charge is 0.374 e. The summed E-state index contributed by atoms with van der Waals surface area (Å²) in [6, 6.07) is 2.58. The predicted octanol–water partition coefficient (Wildman–Crippen LogP) is 2.54. The molecular weight excluding hydrogens is 352 g/mol. The molecule has 0 saturated carbocycles. The Morgan fingerprint density at radius 2 is 1.96 bits per heavy atom. The standard InChI is InChI=1S/C15H17F2N5S2/c1-10(23)18-8-11-9-22(20-19-11)12-6-13(16)15(14(17)7-12)21-2-4-24-5-3-21/h6-7,9H,2-5,8H2,1H3,(H,18,23). The van der Waals surface area contributed by atoms with Gasteiger partial charge in [-0.3, -0.25) is 0 Å². The molecule has 0 bridgehead atoms. The van der Waals surface area contributed by atoms with Gasteiger partial charge in [0, 0.05) is 36.7 Å². The molecule has 128 valence electrons. The van der Waals surface area contributed by atoms with Crippen LogP contribution in [-0.2, 0) is 6.54 Å². The number of benzene rings is 1. The van der Waals surface area contributed by atoms with Gasteiger partial charge in [-0.25, -0.2) is 13.5 Å². The van der Waals surface area contributed by atoms with E-state index in [1.54, 1.807) is 29.8 Å². The van der Waals surface area contributed by atoms with Gasteiger partial charge in [0.05, 0.1) is 23.4 Å². The molecule has 0 amide bonds. The van der Waals surface area contributed by atoms with Crippen LogP contribution in [0.5, 0.6) is 0 Å². The van der Waals surface area contributed by atoms with Gasteiger partial charge in [0.2, 0.25) is 0 Å². The molecule has 1 saturated heterocycles. The summed E-state index contributed by atoms with van der Waals surface area (Å²) in [5.74, 6) is 0.585. The highest BCUT2D eigenvalue weighted by molar-refractivity contribution is 7.99. The zero-order valence-electron chi connectivity index (χ0n) is 13.1. The van der Waals surface area contributed by atoms with Crippen molar-refractivity contribution in [3.63, 3.8) is 0 Å². The van der Waals surface area contributed by atoms with E-state index in [2.05, 4.69) is 15.6 Å². The van der Waals surface area contributed by atoms with Crippen molar-refractivity contribution in [2.75, 3.05) is 29.5 Å². The van der Waals surface area contributed by atoms with E-state index in [9.17, 15) is 8.78 Å². The number of hydrogen-bond acceptors (Lipinski definition) is 5. The molecule has 0 radical (unpaired) electrons. The van der Waals surface area contributed by atoms with E-state index in [1.165, 1.54) is 16.8 Å². The Labute approximate surface area is 148 Å². The van der Waals surface area contributed by atoms with E-state index >= 15 is 0 Å². The molecular formula is C15H17F2N5S2. The number of halogens is 2. The number of nitrogens with zero attached hydrogens (tertiary/aromatic N) is 4. The summed E-state index contributed by atoms with van der Waals surface area (Å²) in [6.45, 7) is 3.48. The summed E-state index contributed by atoms with van der Waals surface area (Å²) in [6.07, 6.45) is 1.62. The normalized spacial score (nSPS) is 14.7. The Morgan fingerprint density at radius 3 is 2.58 bits per heavy atom. The van der Waals surface area contributed by atoms with Gasteiger partial charge in [0.15, 0.2) is 11.6 Å². The fourth-order valence-corrected chi connectivity index (χ4v) is 3.47. The number of anilines is 1. The van der Waals surface area contributed by atoms with Gasteiger partial charge in [-0.1, -0.05) is 17.4 Å². The van der Waals surface area contributed by atoms with Crippen molar-refractivity contribution >= 4 is 34.7 Å². The van der Waals surface area contributed by atoms with Crippen LogP contribution in [0.15, 0.2) is 18.3 Å². The highest BCUT2D eigenvalue weighted by Crippen LogP contribution is 2.28. The molecule has 24 heavy (non-hydrogen) atoms. The second kappa shape index (κ2) is 7.43. The Balaban J connectivity index is 1.83. The minimum absolute atomic E-state index is 0.0392. The topological polar surface area (TPSA) is 46.0 Å². The van der Waals surface area contributed by atoms with Crippen LogP contribution < -0.4 is 10.2 Å². The maximum atomic E-state index is 14.5. The molecule has 5 nitrogen and oxygen atoms in total. The predicted molar refractivity (Wildman–Crippen MR) is 95.9 cm³/mol. The third-order valence-corrected chi connectivity index (χ3v) is 4.74. The van der Waals surface area contributed by atoms with E-state index in [0.717, 1.165) is 11.5 Å². The molecule has 2 heterocycles. The summed E-state index contributed by atoms with van der Waals surface area (Å²) in [7, 11) is 0. The highest BCUT2D eigenvalue weighted by Gasteiger charge is 2.21. The van der Waals surface area contributed by atoms with Crippen LogP contribution in [0.3, 0.4) is 0 Å². The number of aromatic nitrogens is 3. The molecule has 1 fully saturated rings. The Morgan fingerprint density at radius 1 is 1.29 bits per heavy atom. The maximum absolute atomic E-state index is 14.5. The van der Waals surface area contributed by atoms with Crippen LogP contribution in [0, 0.1) is 11.6 Å². The van der Waals surface area contributed by atoms with E-state index in [0.29, 0.717) is 36.0 Å². The molecule has 0 spiro atoms. The number of nitrogens with one attached hydrogen (secondary N) is 1. The van der Waals surface area contributed by atoms with Gasteiger partial charge in [0.25, 0.3) is 0 Å². The van der Waals surface area contributed by atoms with Crippen molar-refractivity contribution in [3.05, 3.63) is 35.7 Å². The summed E-state index contributed by atoms with van der Waals surface area (Å²) in [5.41, 5.74) is 0.979. The summed E-state index contributed by atoms with van der Waals surface area (Å²) in [5, 5.41) is 10.9. The van der Waals surface area contributed by atoms with E-state index in [1.807, 2.05) is 0 Å². The van der Waals surface area contributed by atoms with Gasteiger partial charge in [-0.05, 0) is 6.92 Å². The van der Waals surface area contributed by atoms with Crippen molar-refractivity contribution in [2.24, 2.45) is 0 Å². The number of thioether (sulfide) groups is 1. The lowest BCUT2D eigenvalue weighted by Gasteiger charge is -2.29. The van der Waals surface area contributed by atoms with Crippen molar-refractivity contribution in [1.82, 2.24) is 20.3 Å². The quantitative estimate of drug-likeness (QED) is 0.836. The lowest BCUT2D eigenvalue weighted by atomic mass is 10.2. The Kier molecular flexibility index (Phi) is 5.30. The van der Waals surface area contributed by atoms with Crippen molar-refractivity contribution in [3.8, 4) is 5.69 Å². The summed E-state index contributed by atoms with van der Waals surface area (Å²) < 4.78 is 30.3. The number of hydrogen-bond donors (Lipinski definition) is 1. The first kappa shape index (κ1) is 17.1. The number of thiocarbonyl (C=S) groups is 1. The van der Waals surface area contributed by atoms with Gasteiger partial charge in [0.1, 0.15) is 11.4 Å². The van der Waals surface area contributed by atoms with Crippen LogP contribution >= 0.6 is 24.0 Å². The minimum atomic E-state index is -0.582. The molecule has 1 aromatic carbocycles. The van der Waals surface area contributed by atoms with Crippen molar-refractivity contribution < 1.29 is 8.78 Å². The second-order valence-electron chi connectivity index (χ2n) is 5.42. The third kappa shape index (κ3) is 3.84. The monoisotopic (exact) mass is 369 g/mol. The first-order valence-corrected chi connectivity index (χ1v) is 9.08. The molecule has 1 aliphatic heterocycles. The second-order valence-corrected chi connectivity index (χ2v) is 7.26. The first-order valence-electron chi connectivity index (χ1n) is 7.52. The Hall–Kier alpha value is -1.74. The van der Waals surface area contributed by atoms with Crippen LogP contribution in [0.25, 0.3) is 5.69 Å². The maximum Gasteiger partial charge on any atom is 0.151 e. The van der Waals surface area contributed by atoms with Crippen LogP contribution in [-0.4, -0.2) is 44.6 Å². The van der Waals surface area contributed by atoms with Gasteiger partial charge in [-0.2, -0.15) is 11.8 Å². The fourth-order valence-electron chi connectivity index (χ4n) is 2.49. The fraction of sp³-hybridized carbons (Fsp3) is 0.400. The minimum Gasteiger partial charge on any atom is -0.374 e. The highest BCUT2D eigenvalue weighted by atomic mass is 32.2. The molecule has 2 aromatic rings. The van der Waals surface area contributed by atoms with Crippen LogP contribution in [0.1, 0.15) is 12.6 Å². The zero-order valence-corrected chi connectivity index (χ0v) is 14.8. The van der Waals surface area contributed by atoms with E-state index in [-0.39, 0.29) is 5.69 Å². The smallest absolute Gasteiger partial charge is 0.151 e. The van der Waals surface area contributed by atoms with Crippen molar-refractivity contribution in [2.45, 2.75) is 13.5 Å². The average Bonchev–Trinajstić information content (AvgIpc) is 3.02. The first-order chi connectivity index (χ1) is 11.5. The van der Waals surface area contributed by atoms with Crippen LogP contribution in [0.4, 0.5) is 14.5 Å². The summed E-state index contributed by atoms with van der Waals surface area (Å²) in [4.78, 5) is 2.40. The van der Waals surface area contributed by atoms with Gasteiger partial charge >= 0.3 is 0 Å². The third-order valence-electron chi connectivity index (χ3n) is 3.65. The van der Waals surface area contributed by atoms with E-state index in [4.69, 9.17) is 12.2 Å². The Bertz CT molecular complexity index is 720. The molecule has 1 aromatic heterocycles. The lowest BCUT2D eigenvalue weighted by molar-refractivity contribution is 0.570. The molecule has 0 aliphatic carbocycles. The number of rotatable bonds is 4. The average molecular weight is 369 g/mol. The summed E-state index contributed by atoms with van der Waals surface area (Å²) >= 11 is 6.72. The van der Waals surface area contributed by atoms with Crippen molar-refractivity contribution in [1.29, 1.82) is 0 Å². The van der Waals surface area contributed by atoms with Gasteiger partial charge < -0.3 is 10.2 Å². The van der Waals surface area contributed by atoms with Crippen LogP contribution in [0.2, 0.25) is 0 Å². The molecule has 1 aliphatic rings. The van der Waals surface area contributed by atoms with Gasteiger partial charge in [-0.15, -0.1) is 5.10 Å². The lowest BCUT2D eigenvalue weighted by Crippen LogP contribution is -2.33. The molecule has 3 rings (SSSR count). The molecule has 0 atom stereocenters. The molecule has 9 heteroatoms. The molecule has 1 N–H and O–H groups in total.